The average Bonchev–Trinajstić information content (AvgIpc) is 3.14. The molecule has 1 spiro atoms. The molecule has 2 N–H and O–H groups in total. The highest BCUT2D eigenvalue weighted by atomic mass is 32.2. The smallest absolute Gasteiger partial charge is 0.241 e. The molecule has 8 heteroatoms. The topological polar surface area (TPSA) is 73.8 Å². The summed E-state index contributed by atoms with van der Waals surface area (Å²) in [5.74, 6) is 0.915. The van der Waals surface area contributed by atoms with Gasteiger partial charge in [-0.2, -0.15) is 0 Å². The van der Waals surface area contributed by atoms with Crippen molar-refractivity contribution in [3.63, 3.8) is 0 Å². The Labute approximate surface area is 161 Å². The summed E-state index contributed by atoms with van der Waals surface area (Å²) in [5.41, 5.74) is 0.520. The fourth-order valence-electron chi connectivity index (χ4n) is 3.92. The molecule has 3 rings (SSSR count). The van der Waals surface area contributed by atoms with E-state index in [9.17, 15) is 8.42 Å². The first-order chi connectivity index (χ1) is 12.4. The van der Waals surface area contributed by atoms with Crippen LogP contribution in [0.2, 0.25) is 0 Å². The molecule has 2 fully saturated rings. The van der Waals surface area contributed by atoms with Crippen LogP contribution in [-0.4, -0.2) is 52.0 Å². The van der Waals surface area contributed by atoms with Crippen molar-refractivity contribution in [1.82, 2.24) is 14.9 Å². The minimum Gasteiger partial charge on any atom is -0.357 e. The third-order valence-corrected chi connectivity index (χ3v) is 8.12. The first-order valence-electron chi connectivity index (χ1n) is 9.45. The van der Waals surface area contributed by atoms with Gasteiger partial charge in [0.1, 0.15) is 0 Å². The molecule has 1 aromatic heterocycles. The standard InChI is InChI=1S/C18H30N4O2S2/c1-4-19-17(22-11-8-18(13-22)6-5-7-18)20-9-10-21-26(23,24)16-12-14(2)25-15(16)3/h12,21H,4-11,13H2,1-3H3,(H,19,20). The van der Waals surface area contributed by atoms with Gasteiger partial charge in [-0.25, -0.2) is 13.1 Å². The predicted octanol–water partition coefficient (Wildman–Crippen LogP) is 2.48. The van der Waals surface area contributed by atoms with E-state index in [0.717, 1.165) is 35.3 Å². The highest BCUT2D eigenvalue weighted by Gasteiger charge is 2.43. The van der Waals surface area contributed by atoms with Gasteiger partial charge < -0.3 is 10.2 Å². The van der Waals surface area contributed by atoms with E-state index in [0.29, 0.717) is 23.4 Å². The van der Waals surface area contributed by atoms with Gasteiger partial charge in [-0.05, 0) is 51.5 Å². The molecule has 1 saturated heterocycles. The second-order valence-corrected chi connectivity index (χ2v) is 10.6. The van der Waals surface area contributed by atoms with Gasteiger partial charge in [-0.3, -0.25) is 4.99 Å². The Kier molecular flexibility index (Phi) is 5.94. The van der Waals surface area contributed by atoms with Crippen molar-refractivity contribution >= 4 is 27.3 Å². The zero-order valence-corrected chi connectivity index (χ0v) is 17.6. The lowest BCUT2D eigenvalue weighted by Gasteiger charge is -2.38. The van der Waals surface area contributed by atoms with Crippen LogP contribution in [0, 0.1) is 19.3 Å². The van der Waals surface area contributed by atoms with Gasteiger partial charge in [-0.15, -0.1) is 11.3 Å². The van der Waals surface area contributed by atoms with E-state index in [1.807, 2.05) is 13.8 Å². The SMILES string of the molecule is CCNC(=NCCNS(=O)(=O)c1cc(C)sc1C)N1CCC2(CCC2)C1. The van der Waals surface area contributed by atoms with Gasteiger partial charge in [0.25, 0.3) is 0 Å². The van der Waals surface area contributed by atoms with E-state index in [2.05, 4.69) is 26.9 Å². The zero-order chi connectivity index (χ0) is 18.8. The molecule has 2 heterocycles. The molecule has 146 valence electrons. The van der Waals surface area contributed by atoms with Gasteiger partial charge in [0, 0.05) is 35.9 Å². The third kappa shape index (κ3) is 4.23. The van der Waals surface area contributed by atoms with Crippen molar-refractivity contribution < 1.29 is 8.42 Å². The molecule has 0 bridgehead atoms. The lowest BCUT2D eigenvalue weighted by atomic mass is 9.68. The molecule has 1 aliphatic heterocycles. The normalized spacial score (nSPS) is 19.8. The second kappa shape index (κ2) is 7.86. The number of nitrogens with zero attached hydrogens (tertiary/aromatic N) is 2. The lowest BCUT2D eigenvalue weighted by Crippen LogP contribution is -2.43. The number of sulfonamides is 1. The van der Waals surface area contributed by atoms with Crippen molar-refractivity contribution in [2.24, 2.45) is 10.4 Å². The van der Waals surface area contributed by atoms with Crippen molar-refractivity contribution in [2.45, 2.75) is 51.3 Å². The van der Waals surface area contributed by atoms with E-state index in [1.54, 1.807) is 6.07 Å². The van der Waals surface area contributed by atoms with E-state index in [-0.39, 0.29) is 0 Å². The van der Waals surface area contributed by atoms with E-state index in [1.165, 1.54) is 37.0 Å². The summed E-state index contributed by atoms with van der Waals surface area (Å²) in [5, 5.41) is 3.35. The first-order valence-corrected chi connectivity index (χ1v) is 11.8. The summed E-state index contributed by atoms with van der Waals surface area (Å²) in [6, 6.07) is 1.73. The van der Waals surface area contributed by atoms with E-state index < -0.39 is 10.0 Å². The Morgan fingerprint density at radius 3 is 2.65 bits per heavy atom. The summed E-state index contributed by atoms with van der Waals surface area (Å²) < 4.78 is 27.6. The quantitative estimate of drug-likeness (QED) is 0.439. The maximum atomic E-state index is 12.4. The van der Waals surface area contributed by atoms with Gasteiger partial charge in [0.2, 0.25) is 10.0 Å². The number of rotatable bonds is 6. The average molecular weight is 399 g/mol. The summed E-state index contributed by atoms with van der Waals surface area (Å²) in [7, 11) is -3.46. The number of hydrogen-bond donors (Lipinski definition) is 2. The van der Waals surface area contributed by atoms with Crippen molar-refractivity contribution in [2.75, 3.05) is 32.7 Å². The monoisotopic (exact) mass is 398 g/mol. The van der Waals surface area contributed by atoms with Crippen molar-refractivity contribution in [3.8, 4) is 0 Å². The molecule has 0 atom stereocenters. The summed E-state index contributed by atoms with van der Waals surface area (Å²) >= 11 is 1.51. The van der Waals surface area contributed by atoms with Crippen LogP contribution < -0.4 is 10.0 Å². The Bertz CT molecular complexity index is 766. The van der Waals surface area contributed by atoms with E-state index >= 15 is 0 Å². The number of guanidine groups is 1. The summed E-state index contributed by atoms with van der Waals surface area (Å²) in [6.45, 7) is 9.53. The molecule has 0 aromatic carbocycles. The van der Waals surface area contributed by atoms with Crippen LogP contribution in [0.4, 0.5) is 0 Å². The highest BCUT2D eigenvalue weighted by Crippen LogP contribution is 2.47. The molecule has 0 unspecified atom stereocenters. The molecule has 1 saturated carbocycles. The maximum absolute atomic E-state index is 12.4. The zero-order valence-electron chi connectivity index (χ0n) is 16.0. The van der Waals surface area contributed by atoms with Gasteiger partial charge >= 0.3 is 0 Å². The van der Waals surface area contributed by atoms with Crippen LogP contribution in [0.5, 0.6) is 0 Å². The summed E-state index contributed by atoms with van der Waals surface area (Å²) in [6.07, 6.45) is 5.27. The van der Waals surface area contributed by atoms with E-state index in [4.69, 9.17) is 0 Å². The van der Waals surface area contributed by atoms with Crippen LogP contribution in [-0.2, 0) is 10.0 Å². The molecule has 0 radical (unpaired) electrons. The molecule has 6 nitrogen and oxygen atoms in total. The molecule has 2 aliphatic rings. The Hall–Kier alpha value is -1.12. The Balaban J connectivity index is 1.56. The van der Waals surface area contributed by atoms with Gasteiger partial charge in [0.05, 0.1) is 11.4 Å². The second-order valence-electron chi connectivity index (χ2n) is 7.44. The first kappa shape index (κ1) is 19.6. The fraction of sp³-hybridized carbons (Fsp3) is 0.722. The largest absolute Gasteiger partial charge is 0.357 e. The lowest BCUT2D eigenvalue weighted by molar-refractivity contribution is 0.151. The molecule has 1 aliphatic carbocycles. The third-order valence-electron chi connectivity index (χ3n) is 5.44. The van der Waals surface area contributed by atoms with Crippen LogP contribution in [0.15, 0.2) is 16.0 Å². The molecular formula is C18H30N4O2S2. The fourth-order valence-corrected chi connectivity index (χ4v) is 6.49. The van der Waals surface area contributed by atoms with Crippen LogP contribution in [0.3, 0.4) is 0 Å². The number of thiophene rings is 1. The molecular weight excluding hydrogens is 368 g/mol. The number of aryl methyl sites for hydroxylation is 2. The number of hydrogen-bond acceptors (Lipinski definition) is 4. The van der Waals surface area contributed by atoms with Crippen molar-refractivity contribution in [3.05, 3.63) is 15.8 Å². The molecule has 26 heavy (non-hydrogen) atoms. The number of aliphatic imine (C=N–C) groups is 1. The van der Waals surface area contributed by atoms with Gasteiger partial charge in [0.15, 0.2) is 5.96 Å². The minimum atomic E-state index is -3.46. The van der Waals surface area contributed by atoms with Gasteiger partial charge in [-0.1, -0.05) is 6.42 Å². The number of likely N-dealkylation sites (tertiary alicyclic amines) is 1. The highest BCUT2D eigenvalue weighted by molar-refractivity contribution is 7.89. The Morgan fingerprint density at radius 2 is 2.12 bits per heavy atom. The van der Waals surface area contributed by atoms with Crippen LogP contribution in [0.25, 0.3) is 0 Å². The molecule has 1 aromatic rings. The van der Waals surface area contributed by atoms with Crippen molar-refractivity contribution in [1.29, 1.82) is 0 Å². The minimum absolute atomic E-state index is 0.310. The number of nitrogens with one attached hydrogen (secondary N) is 2. The summed E-state index contributed by atoms with van der Waals surface area (Å²) in [4.78, 5) is 9.22. The predicted molar refractivity (Wildman–Crippen MR) is 107 cm³/mol. The Morgan fingerprint density at radius 1 is 1.35 bits per heavy atom. The maximum Gasteiger partial charge on any atom is 0.241 e. The van der Waals surface area contributed by atoms with Crippen LogP contribution >= 0.6 is 11.3 Å². The van der Waals surface area contributed by atoms with Crippen LogP contribution in [0.1, 0.15) is 42.4 Å². The molecule has 0 amide bonds.